The van der Waals surface area contributed by atoms with Gasteiger partial charge in [0.1, 0.15) is 0 Å². The van der Waals surface area contributed by atoms with Crippen molar-refractivity contribution >= 4 is 43.6 Å². The molecular weight excluding hydrogens is 583 g/mol. The predicted molar refractivity (Wildman–Crippen MR) is 200 cm³/mol. The summed E-state index contributed by atoms with van der Waals surface area (Å²) in [4.78, 5) is 10.4. The Hall–Kier alpha value is -6.06. The third kappa shape index (κ3) is 3.88. The maximum atomic E-state index is 5.22. The SMILES string of the molecule is CC1(C)c2ccc(-c3nc4ccccc4nc3-c3ccccc3)cc2-c2cc(-n3c4ccccc4c4cc5ccccc5cc43)ccc21. The van der Waals surface area contributed by atoms with Gasteiger partial charge in [0, 0.05) is 33.0 Å². The molecule has 48 heavy (non-hydrogen) atoms. The van der Waals surface area contributed by atoms with E-state index in [1.165, 1.54) is 60.5 Å². The number of hydrogen-bond acceptors (Lipinski definition) is 2. The van der Waals surface area contributed by atoms with Crippen LogP contribution in [0.5, 0.6) is 0 Å². The number of para-hydroxylation sites is 3. The lowest BCUT2D eigenvalue weighted by molar-refractivity contribution is 0.660. The fourth-order valence-corrected chi connectivity index (χ4v) is 7.98. The van der Waals surface area contributed by atoms with Crippen LogP contribution in [0.1, 0.15) is 25.0 Å². The molecule has 2 heterocycles. The molecule has 226 valence electrons. The fraction of sp³-hybridized carbons (Fsp3) is 0.0667. The van der Waals surface area contributed by atoms with E-state index in [1.807, 2.05) is 30.3 Å². The van der Waals surface area contributed by atoms with Crippen molar-refractivity contribution in [1.29, 1.82) is 0 Å². The average Bonchev–Trinajstić information content (AvgIpc) is 3.57. The highest BCUT2D eigenvalue weighted by molar-refractivity contribution is 6.13. The van der Waals surface area contributed by atoms with E-state index in [2.05, 4.69) is 140 Å². The number of hydrogen-bond donors (Lipinski definition) is 0. The van der Waals surface area contributed by atoms with Crippen LogP contribution < -0.4 is 0 Å². The molecule has 0 unspecified atom stereocenters. The molecule has 7 aromatic carbocycles. The molecule has 0 aliphatic heterocycles. The molecule has 3 nitrogen and oxygen atoms in total. The van der Waals surface area contributed by atoms with Crippen LogP contribution in [0.4, 0.5) is 0 Å². The van der Waals surface area contributed by atoms with Gasteiger partial charge in [0.25, 0.3) is 0 Å². The van der Waals surface area contributed by atoms with Gasteiger partial charge in [-0.2, -0.15) is 0 Å². The van der Waals surface area contributed by atoms with E-state index in [1.54, 1.807) is 0 Å². The zero-order chi connectivity index (χ0) is 32.0. The lowest BCUT2D eigenvalue weighted by Gasteiger charge is -2.22. The largest absolute Gasteiger partial charge is 0.309 e. The minimum atomic E-state index is -0.129. The standard InChI is InChI=1S/C45H31N3/c1-45(2)37-22-20-31(44-43(28-12-4-3-5-13-28)46-39-17-9-10-18-40(39)47-44)25-34(37)35-27-32(21-23-38(35)45)48-41-19-11-8-16-33(41)36-24-29-14-6-7-15-30(29)26-42(36)48/h3-27H,1-2H3. The van der Waals surface area contributed by atoms with E-state index in [4.69, 9.17) is 9.97 Å². The van der Waals surface area contributed by atoms with Gasteiger partial charge in [-0.15, -0.1) is 0 Å². The normalized spacial score (nSPS) is 13.4. The van der Waals surface area contributed by atoms with E-state index in [0.717, 1.165) is 33.5 Å². The quantitative estimate of drug-likeness (QED) is 0.198. The van der Waals surface area contributed by atoms with E-state index in [9.17, 15) is 0 Å². The average molecular weight is 614 g/mol. The van der Waals surface area contributed by atoms with Crippen LogP contribution in [-0.4, -0.2) is 14.5 Å². The first kappa shape index (κ1) is 27.1. The maximum Gasteiger partial charge on any atom is 0.0973 e. The Labute approximate surface area is 278 Å². The van der Waals surface area contributed by atoms with Gasteiger partial charge in [0.2, 0.25) is 0 Å². The number of rotatable bonds is 3. The third-order valence-corrected chi connectivity index (χ3v) is 10.3. The Morgan fingerprint density at radius 1 is 0.458 bits per heavy atom. The predicted octanol–water partition coefficient (Wildman–Crippen LogP) is 11.5. The molecule has 0 fully saturated rings. The minimum Gasteiger partial charge on any atom is -0.309 e. The number of nitrogens with zero attached hydrogens (tertiary/aromatic N) is 3. The van der Waals surface area contributed by atoms with Crippen molar-refractivity contribution in [3.8, 4) is 39.3 Å². The highest BCUT2D eigenvalue weighted by Crippen LogP contribution is 2.51. The van der Waals surface area contributed by atoms with Gasteiger partial charge < -0.3 is 4.57 Å². The second-order valence-electron chi connectivity index (χ2n) is 13.5. The highest BCUT2D eigenvalue weighted by atomic mass is 15.0. The summed E-state index contributed by atoms with van der Waals surface area (Å²) in [5, 5.41) is 5.05. The Balaban J connectivity index is 1.20. The molecular formula is C45H31N3. The molecule has 9 aromatic rings. The zero-order valence-electron chi connectivity index (χ0n) is 26.8. The summed E-state index contributed by atoms with van der Waals surface area (Å²) in [6.45, 7) is 4.68. The van der Waals surface area contributed by atoms with Crippen molar-refractivity contribution < 1.29 is 0 Å². The molecule has 0 amide bonds. The summed E-state index contributed by atoms with van der Waals surface area (Å²) in [5.41, 5.74) is 14.4. The van der Waals surface area contributed by atoms with Crippen LogP contribution in [0.2, 0.25) is 0 Å². The molecule has 0 saturated carbocycles. The Morgan fingerprint density at radius 2 is 1.06 bits per heavy atom. The minimum absolute atomic E-state index is 0.129. The van der Waals surface area contributed by atoms with Crippen LogP contribution in [0.15, 0.2) is 152 Å². The van der Waals surface area contributed by atoms with E-state index in [-0.39, 0.29) is 5.41 Å². The highest BCUT2D eigenvalue weighted by Gasteiger charge is 2.36. The molecule has 0 N–H and O–H groups in total. The van der Waals surface area contributed by atoms with Gasteiger partial charge in [-0.1, -0.05) is 117 Å². The van der Waals surface area contributed by atoms with E-state index >= 15 is 0 Å². The molecule has 1 aliphatic carbocycles. The summed E-state index contributed by atoms with van der Waals surface area (Å²) in [6, 6.07) is 54.6. The lowest BCUT2D eigenvalue weighted by Crippen LogP contribution is -2.15. The van der Waals surface area contributed by atoms with Crippen molar-refractivity contribution in [1.82, 2.24) is 14.5 Å². The van der Waals surface area contributed by atoms with Crippen molar-refractivity contribution in [2.24, 2.45) is 0 Å². The first-order valence-electron chi connectivity index (χ1n) is 16.6. The Bertz CT molecular complexity index is 2750. The van der Waals surface area contributed by atoms with Crippen LogP contribution in [-0.2, 0) is 5.41 Å². The number of fused-ring (bicyclic) bond motifs is 8. The fourth-order valence-electron chi connectivity index (χ4n) is 7.98. The van der Waals surface area contributed by atoms with Crippen LogP contribution in [0.3, 0.4) is 0 Å². The van der Waals surface area contributed by atoms with E-state index < -0.39 is 0 Å². The van der Waals surface area contributed by atoms with Crippen LogP contribution in [0.25, 0.3) is 82.9 Å². The van der Waals surface area contributed by atoms with Crippen molar-refractivity contribution in [2.75, 3.05) is 0 Å². The molecule has 3 heteroatoms. The Morgan fingerprint density at radius 3 is 1.83 bits per heavy atom. The first-order chi connectivity index (χ1) is 23.5. The molecule has 10 rings (SSSR count). The number of aromatic nitrogens is 3. The molecule has 0 radical (unpaired) electrons. The summed E-state index contributed by atoms with van der Waals surface area (Å²) >= 11 is 0. The third-order valence-electron chi connectivity index (χ3n) is 10.3. The van der Waals surface area contributed by atoms with E-state index in [0.29, 0.717) is 0 Å². The summed E-state index contributed by atoms with van der Waals surface area (Å²) in [5.74, 6) is 0. The molecule has 0 spiro atoms. The van der Waals surface area contributed by atoms with Gasteiger partial charge in [-0.05, 0) is 81.6 Å². The molecule has 1 aliphatic rings. The first-order valence-corrected chi connectivity index (χ1v) is 16.6. The molecule has 0 bridgehead atoms. The Kier molecular flexibility index (Phi) is 5.63. The van der Waals surface area contributed by atoms with Crippen molar-refractivity contribution in [2.45, 2.75) is 19.3 Å². The lowest BCUT2D eigenvalue weighted by atomic mass is 9.82. The van der Waals surface area contributed by atoms with Crippen LogP contribution >= 0.6 is 0 Å². The van der Waals surface area contributed by atoms with Crippen molar-refractivity contribution in [3.63, 3.8) is 0 Å². The summed E-state index contributed by atoms with van der Waals surface area (Å²) in [6.07, 6.45) is 0. The van der Waals surface area contributed by atoms with Gasteiger partial charge >= 0.3 is 0 Å². The van der Waals surface area contributed by atoms with Gasteiger partial charge in [-0.3, -0.25) is 0 Å². The monoisotopic (exact) mass is 613 g/mol. The topological polar surface area (TPSA) is 30.7 Å². The maximum absolute atomic E-state index is 5.22. The van der Waals surface area contributed by atoms with Gasteiger partial charge in [0.05, 0.1) is 33.5 Å². The smallest absolute Gasteiger partial charge is 0.0973 e. The van der Waals surface area contributed by atoms with Crippen LogP contribution in [0, 0.1) is 0 Å². The summed E-state index contributed by atoms with van der Waals surface area (Å²) < 4.78 is 2.44. The molecule has 2 aromatic heterocycles. The second-order valence-corrected chi connectivity index (χ2v) is 13.5. The second kappa shape index (κ2) is 9.97. The molecule has 0 saturated heterocycles. The van der Waals surface area contributed by atoms with Crippen molar-refractivity contribution in [3.05, 3.63) is 163 Å². The van der Waals surface area contributed by atoms with Gasteiger partial charge in [-0.25, -0.2) is 9.97 Å². The number of benzene rings is 7. The molecule has 0 atom stereocenters. The van der Waals surface area contributed by atoms with Gasteiger partial charge in [0.15, 0.2) is 0 Å². The summed E-state index contributed by atoms with van der Waals surface area (Å²) in [7, 11) is 0. The zero-order valence-corrected chi connectivity index (χ0v) is 26.8.